The maximum absolute atomic E-state index is 6.11. The van der Waals surface area contributed by atoms with E-state index in [9.17, 15) is 0 Å². The van der Waals surface area contributed by atoms with E-state index in [0.29, 0.717) is 29.3 Å². The molecule has 1 aromatic heterocycles. The Balaban J connectivity index is 2.03. The average Bonchev–Trinajstić information content (AvgIpc) is 2.94. The fourth-order valence-electron chi connectivity index (χ4n) is 2.53. The highest BCUT2D eigenvalue weighted by molar-refractivity contribution is 6.63. The van der Waals surface area contributed by atoms with Crippen molar-refractivity contribution in [2.45, 2.75) is 45.5 Å². The Hall–Kier alpha value is -1.57. The SMILES string of the molecule is COCc1nc2cc(OC)c(B3OC(C)(C)C(C)(C)O3)cc2o1. The third-order valence-corrected chi connectivity index (χ3v) is 4.56. The fraction of sp³-hybridized carbons (Fsp3) is 0.562. The number of aromatic nitrogens is 1. The summed E-state index contributed by atoms with van der Waals surface area (Å²) in [5, 5.41) is 0. The van der Waals surface area contributed by atoms with Gasteiger partial charge in [-0.05, 0) is 33.8 Å². The Bertz CT molecular complexity index is 709. The van der Waals surface area contributed by atoms with Crippen LogP contribution < -0.4 is 10.2 Å². The van der Waals surface area contributed by atoms with Gasteiger partial charge in [0.2, 0.25) is 5.89 Å². The summed E-state index contributed by atoms with van der Waals surface area (Å²) in [7, 11) is 2.70. The first-order chi connectivity index (χ1) is 10.8. The van der Waals surface area contributed by atoms with Crippen LogP contribution in [0.5, 0.6) is 5.75 Å². The molecule has 1 saturated heterocycles. The lowest BCUT2D eigenvalue weighted by molar-refractivity contribution is 0.00578. The van der Waals surface area contributed by atoms with E-state index in [1.165, 1.54) is 0 Å². The number of oxazole rings is 1. The van der Waals surface area contributed by atoms with Gasteiger partial charge in [-0.15, -0.1) is 0 Å². The van der Waals surface area contributed by atoms with Gasteiger partial charge >= 0.3 is 7.12 Å². The number of nitrogens with zero attached hydrogens (tertiary/aromatic N) is 1. The Kier molecular flexibility index (Phi) is 3.90. The van der Waals surface area contributed by atoms with Gasteiger partial charge in [0, 0.05) is 18.6 Å². The monoisotopic (exact) mass is 319 g/mol. The summed E-state index contributed by atoms with van der Waals surface area (Å²) in [6, 6.07) is 3.70. The van der Waals surface area contributed by atoms with Crippen LogP contribution in [0.2, 0.25) is 0 Å². The predicted molar refractivity (Wildman–Crippen MR) is 87.0 cm³/mol. The van der Waals surface area contributed by atoms with Crippen LogP contribution in [-0.4, -0.2) is 37.5 Å². The van der Waals surface area contributed by atoms with E-state index >= 15 is 0 Å². The number of methoxy groups -OCH3 is 2. The molecule has 0 bridgehead atoms. The zero-order valence-electron chi connectivity index (χ0n) is 14.4. The molecule has 3 rings (SSSR count). The minimum absolute atomic E-state index is 0.322. The van der Waals surface area contributed by atoms with Crippen LogP contribution in [-0.2, 0) is 20.7 Å². The van der Waals surface area contributed by atoms with Crippen molar-refractivity contribution in [3.63, 3.8) is 0 Å². The molecule has 0 unspecified atom stereocenters. The highest BCUT2D eigenvalue weighted by Gasteiger charge is 2.52. The number of benzene rings is 1. The first-order valence-electron chi connectivity index (χ1n) is 7.59. The van der Waals surface area contributed by atoms with E-state index in [0.717, 1.165) is 5.46 Å². The zero-order valence-corrected chi connectivity index (χ0v) is 14.4. The van der Waals surface area contributed by atoms with Gasteiger partial charge in [0.15, 0.2) is 5.58 Å². The van der Waals surface area contributed by atoms with Crippen LogP contribution >= 0.6 is 0 Å². The molecule has 2 aromatic rings. The molecule has 1 aliphatic rings. The number of hydrogen-bond acceptors (Lipinski definition) is 6. The van der Waals surface area contributed by atoms with Gasteiger partial charge in [0.05, 0.1) is 18.3 Å². The lowest BCUT2D eigenvalue weighted by atomic mass is 9.78. The van der Waals surface area contributed by atoms with Gasteiger partial charge in [-0.25, -0.2) is 4.98 Å². The second-order valence-corrected chi connectivity index (χ2v) is 6.69. The number of ether oxygens (including phenoxy) is 2. The van der Waals surface area contributed by atoms with Gasteiger partial charge in [0.25, 0.3) is 0 Å². The quantitative estimate of drug-likeness (QED) is 0.806. The van der Waals surface area contributed by atoms with Crippen LogP contribution in [0.15, 0.2) is 16.5 Å². The molecule has 0 N–H and O–H groups in total. The molecule has 1 fully saturated rings. The smallest absolute Gasteiger partial charge is 0.497 e. The van der Waals surface area contributed by atoms with Crippen molar-refractivity contribution in [1.29, 1.82) is 0 Å². The Morgan fingerprint density at radius 3 is 2.30 bits per heavy atom. The minimum atomic E-state index is -0.518. The van der Waals surface area contributed by atoms with Crippen LogP contribution in [0.3, 0.4) is 0 Å². The molecule has 0 atom stereocenters. The van der Waals surface area contributed by atoms with E-state index < -0.39 is 18.3 Å². The normalized spacial score (nSPS) is 19.5. The Morgan fingerprint density at radius 1 is 1.09 bits per heavy atom. The van der Waals surface area contributed by atoms with Crippen molar-refractivity contribution in [3.8, 4) is 5.75 Å². The Morgan fingerprint density at radius 2 is 1.74 bits per heavy atom. The summed E-state index contributed by atoms with van der Waals surface area (Å²) < 4.78 is 28.5. The van der Waals surface area contributed by atoms with Crippen LogP contribution in [0, 0.1) is 0 Å². The van der Waals surface area contributed by atoms with Crippen LogP contribution in [0.4, 0.5) is 0 Å². The molecule has 124 valence electrons. The van der Waals surface area contributed by atoms with Gasteiger partial charge in [-0.3, -0.25) is 0 Å². The Labute approximate surface area is 136 Å². The van der Waals surface area contributed by atoms with Gasteiger partial charge in [-0.1, -0.05) is 0 Å². The molecular formula is C16H22BNO5. The molecule has 6 nitrogen and oxygen atoms in total. The number of fused-ring (bicyclic) bond motifs is 1. The second-order valence-electron chi connectivity index (χ2n) is 6.69. The van der Waals surface area contributed by atoms with E-state index in [1.54, 1.807) is 14.2 Å². The fourth-order valence-corrected chi connectivity index (χ4v) is 2.53. The predicted octanol–water partition coefficient (Wildman–Crippen LogP) is 2.28. The third kappa shape index (κ3) is 2.73. The summed E-state index contributed by atoms with van der Waals surface area (Å²) in [6.07, 6.45) is 0. The van der Waals surface area contributed by atoms with Gasteiger partial charge in [-0.2, -0.15) is 0 Å². The van der Waals surface area contributed by atoms with Crippen molar-refractivity contribution in [3.05, 3.63) is 18.0 Å². The van der Waals surface area contributed by atoms with Crippen LogP contribution in [0.25, 0.3) is 11.1 Å². The van der Waals surface area contributed by atoms with Crippen molar-refractivity contribution in [2.75, 3.05) is 14.2 Å². The van der Waals surface area contributed by atoms with Crippen molar-refractivity contribution >= 4 is 23.7 Å². The molecule has 0 aliphatic carbocycles. The summed E-state index contributed by atoms with van der Waals surface area (Å²) >= 11 is 0. The topological polar surface area (TPSA) is 63.0 Å². The summed E-state index contributed by atoms with van der Waals surface area (Å²) in [4.78, 5) is 4.38. The molecular weight excluding hydrogens is 297 g/mol. The van der Waals surface area contributed by atoms with E-state index in [-0.39, 0.29) is 0 Å². The molecule has 7 heteroatoms. The number of rotatable bonds is 4. The van der Waals surface area contributed by atoms with Gasteiger partial charge in [0.1, 0.15) is 17.9 Å². The lowest BCUT2D eigenvalue weighted by Crippen LogP contribution is -2.41. The maximum atomic E-state index is 6.11. The van der Waals surface area contributed by atoms with Gasteiger partial charge < -0.3 is 23.2 Å². The second kappa shape index (κ2) is 5.51. The molecule has 1 aromatic carbocycles. The van der Waals surface area contributed by atoms with E-state index in [2.05, 4.69) is 4.98 Å². The maximum Gasteiger partial charge on any atom is 0.498 e. The third-order valence-electron chi connectivity index (χ3n) is 4.56. The molecule has 0 amide bonds. The molecule has 0 spiro atoms. The molecule has 2 heterocycles. The molecule has 0 radical (unpaired) electrons. The minimum Gasteiger partial charge on any atom is -0.497 e. The number of hydrogen-bond donors (Lipinski definition) is 0. The highest BCUT2D eigenvalue weighted by atomic mass is 16.7. The molecule has 0 saturated carbocycles. The zero-order chi connectivity index (χ0) is 16.8. The molecule has 23 heavy (non-hydrogen) atoms. The first kappa shape index (κ1) is 16.3. The van der Waals surface area contributed by atoms with Crippen LogP contribution in [0.1, 0.15) is 33.6 Å². The molecule has 1 aliphatic heterocycles. The van der Waals surface area contributed by atoms with Crippen molar-refractivity contribution < 1.29 is 23.2 Å². The largest absolute Gasteiger partial charge is 0.498 e. The van der Waals surface area contributed by atoms with Crippen molar-refractivity contribution in [2.24, 2.45) is 0 Å². The average molecular weight is 319 g/mol. The first-order valence-corrected chi connectivity index (χ1v) is 7.59. The van der Waals surface area contributed by atoms with E-state index in [4.69, 9.17) is 23.2 Å². The lowest BCUT2D eigenvalue weighted by Gasteiger charge is -2.32. The van der Waals surface area contributed by atoms with E-state index in [1.807, 2.05) is 39.8 Å². The summed E-state index contributed by atoms with van der Waals surface area (Å²) in [6.45, 7) is 8.39. The standard InChI is InChI=1S/C16H22BNO5/c1-15(2)16(3,4)23-17(22-15)10-7-13-11(8-12(10)20-6)18-14(21-13)9-19-5/h7-8H,9H2,1-6H3. The van der Waals surface area contributed by atoms with Crippen molar-refractivity contribution in [1.82, 2.24) is 4.98 Å². The highest BCUT2D eigenvalue weighted by Crippen LogP contribution is 2.37. The summed E-state index contributed by atoms with van der Waals surface area (Å²) in [5.41, 5.74) is 1.33. The summed E-state index contributed by atoms with van der Waals surface area (Å²) in [5.74, 6) is 1.18.